The SMILES string of the molecule is C=CC(=O)Oc1ccccc1.CF. The molecule has 3 heteroatoms. The average Bonchev–Trinajstić information content (AvgIpc) is 2.22. The third-order valence-electron chi connectivity index (χ3n) is 1.13. The van der Waals surface area contributed by atoms with E-state index in [0.717, 1.165) is 6.08 Å². The summed E-state index contributed by atoms with van der Waals surface area (Å²) in [5.74, 6) is 0.105. The summed E-state index contributed by atoms with van der Waals surface area (Å²) >= 11 is 0. The number of rotatable bonds is 2. The summed E-state index contributed by atoms with van der Waals surface area (Å²) in [7, 11) is 0.500. The third-order valence-corrected chi connectivity index (χ3v) is 1.13. The Morgan fingerprint density at radius 3 is 2.38 bits per heavy atom. The molecule has 70 valence electrons. The molecule has 0 aliphatic carbocycles. The van der Waals surface area contributed by atoms with Crippen molar-refractivity contribution in [3.63, 3.8) is 0 Å². The lowest BCUT2D eigenvalue weighted by molar-refractivity contribution is -0.128. The number of hydrogen-bond acceptors (Lipinski definition) is 2. The molecule has 0 amide bonds. The number of carbonyl (C=O) groups excluding carboxylic acids is 1. The fourth-order valence-electron chi connectivity index (χ4n) is 0.646. The molecule has 0 aliphatic rings. The molecule has 1 aromatic rings. The first-order valence-electron chi connectivity index (χ1n) is 3.60. The summed E-state index contributed by atoms with van der Waals surface area (Å²) in [5, 5.41) is 0. The van der Waals surface area contributed by atoms with E-state index in [2.05, 4.69) is 6.58 Å². The minimum atomic E-state index is -0.434. The van der Waals surface area contributed by atoms with Crippen molar-refractivity contribution in [1.82, 2.24) is 0 Å². The first-order chi connectivity index (χ1) is 6.33. The van der Waals surface area contributed by atoms with Gasteiger partial charge in [0.2, 0.25) is 0 Å². The van der Waals surface area contributed by atoms with Gasteiger partial charge >= 0.3 is 5.97 Å². The molecular formula is C10H11FO2. The zero-order valence-electron chi connectivity index (χ0n) is 7.37. The van der Waals surface area contributed by atoms with Gasteiger partial charge in [-0.15, -0.1) is 0 Å². The minimum Gasteiger partial charge on any atom is -0.423 e. The maximum atomic E-state index is 10.6. The molecule has 0 N–H and O–H groups in total. The van der Waals surface area contributed by atoms with E-state index in [1.165, 1.54) is 0 Å². The molecule has 0 unspecified atom stereocenters. The van der Waals surface area contributed by atoms with Crippen molar-refractivity contribution in [3.8, 4) is 5.75 Å². The highest BCUT2D eigenvalue weighted by molar-refractivity contribution is 5.83. The van der Waals surface area contributed by atoms with Crippen LogP contribution in [-0.4, -0.2) is 13.1 Å². The molecule has 13 heavy (non-hydrogen) atoms. The number of ether oxygens (including phenoxy) is 1. The van der Waals surface area contributed by atoms with E-state index in [1.807, 2.05) is 6.07 Å². The van der Waals surface area contributed by atoms with Gasteiger partial charge in [-0.2, -0.15) is 0 Å². The van der Waals surface area contributed by atoms with Crippen LogP contribution >= 0.6 is 0 Å². The number of hydrogen-bond donors (Lipinski definition) is 0. The van der Waals surface area contributed by atoms with Crippen LogP contribution < -0.4 is 4.74 Å². The van der Waals surface area contributed by atoms with E-state index in [1.54, 1.807) is 24.3 Å². The van der Waals surface area contributed by atoms with Crippen LogP contribution in [0.5, 0.6) is 5.75 Å². The van der Waals surface area contributed by atoms with E-state index in [-0.39, 0.29) is 0 Å². The number of alkyl halides is 1. The smallest absolute Gasteiger partial charge is 0.335 e. The quantitative estimate of drug-likeness (QED) is 0.398. The van der Waals surface area contributed by atoms with Gasteiger partial charge in [0.25, 0.3) is 0 Å². The molecule has 0 bridgehead atoms. The molecule has 0 radical (unpaired) electrons. The molecule has 0 spiro atoms. The Morgan fingerprint density at radius 2 is 1.92 bits per heavy atom. The van der Waals surface area contributed by atoms with E-state index in [0.29, 0.717) is 12.9 Å². The fraction of sp³-hybridized carbons (Fsp3) is 0.100. The zero-order valence-corrected chi connectivity index (χ0v) is 7.37. The van der Waals surface area contributed by atoms with Gasteiger partial charge in [0, 0.05) is 6.08 Å². The second-order valence-corrected chi connectivity index (χ2v) is 1.94. The van der Waals surface area contributed by atoms with Crippen LogP contribution in [0.3, 0.4) is 0 Å². The van der Waals surface area contributed by atoms with E-state index in [9.17, 15) is 9.18 Å². The summed E-state index contributed by atoms with van der Waals surface area (Å²) in [6, 6.07) is 8.87. The molecule has 0 aliphatic heterocycles. The van der Waals surface area contributed by atoms with E-state index >= 15 is 0 Å². The first kappa shape index (κ1) is 11.4. The molecular weight excluding hydrogens is 171 g/mol. The zero-order chi connectivity index (χ0) is 10.1. The predicted molar refractivity (Wildman–Crippen MR) is 49.3 cm³/mol. The maximum absolute atomic E-state index is 10.6. The maximum Gasteiger partial charge on any atom is 0.335 e. The van der Waals surface area contributed by atoms with Crippen molar-refractivity contribution in [2.24, 2.45) is 0 Å². The van der Waals surface area contributed by atoms with Crippen LogP contribution in [0.1, 0.15) is 0 Å². The number of para-hydroxylation sites is 1. The third kappa shape index (κ3) is 4.74. The Morgan fingerprint density at radius 1 is 1.38 bits per heavy atom. The van der Waals surface area contributed by atoms with Crippen LogP contribution in [0, 0.1) is 0 Å². The number of carbonyl (C=O) groups is 1. The summed E-state index contributed by atoms with van der Waals surface area (Å²) < 4.78 is 14.3. The lowest BCUT2D eigenvalue weighted by Crippen LogP contribution is -2.02. The van der Waals surface area contributed by atoms with Crippen molar-refractivity contribution < 1.29 is 13.9 Å². The summed E-state index contributed by atoms with van der Waals surface area (Å²) in [6.45, 7) is 3.28. The molecule has 1 rings (SSSR count). The topological polar surface area (TPSA) is 26.3 Å². The highest BCUT2D eigenvalue weighted by Gasteiger charge is 1.95. The standard InChI is InChI=1S/C9H8O2.CH3F/c1-2-9(10)11-8-6-4-3-5-7-8;1-2/h2-7H,1H2;1H3. The Bertz CT molecular complexity index is 257. The van der Waals surface area contributed by atoms with Crippen molar-refractivity contribution >= 4 is 5.97 Å². The first-order valence-corrected chi connectivity index (χ1v) is 3.60. The van der Waals surface area contributed by atoms with Gasteiger partial charge in [-0.1, -0.05) is 24.8 Å². The number of halogens is 1. The van der Waals surface area contributed by atoms with Crippen LogP contribution in [0.15, 0.2) is 43.0 Å². The molecule has 1 aromatic carbocycles. The summed E-state index contributed by atoms with van der Waals surface area (Å²) in [4.78, 5) is 10.6. The number of benzene rings is 1. The van der Waals surface area contributed by atoms with Crippen molar-refractivity contribution in [3.05, 3.63) is 43.0 Å². The largest absolute Gasteiger partial charge is 0.423 e. The molecule has 0 saturated carbocycles. The average molecular weight is 182 g/mol. The minimum absolute atomic E-state index is 0.434. The molecule has 0 fully saturated rings. The van der Waals surface area contributed by atoms with Crippen LogP contribution in [0.4, 0.5) is 4.39 Å². The Kier molecular flexibility index (Phi) is 6.15. The van der Waals surface area contributed by atoms with Gasteiger partial charge < -0.3 is 4.74 Å². The highest BCUT2D eigenvalue weighted by Crippen LogP contribution is 2.07. The van der Waals surface area contributed by atoms with Crippen molar-refractivity contribution in [2.45, 2.75) is 0 Å². The van der Waals surface area contributed by atoms with Gasteiger partial charge in [0.15, 0.2) is 0 Å². The molecule has 2 nitrogen and oxygen atoms in total. The van der Waals surface area contributed by atoms with Gasteiger partial charge in [-0.3, -0.25) is 4.39 Å². The van der Waals surface area contributed by atoms with Gasteiger partial charge in [0.1, 0.15) is 5.75 Å². The number of esters is 1. The van der Waals surface area contributed by atoms with Gasteiger partial charge in [-0.05, 0) is 12.1 Å². The van der Waals surface area contributed by atoms with Crippen LogP contribution in [0.2, 0.25) is 0 Å². The predicted octanol–water partition coefficient (Wildman–Crippen LogP) is 2.36. The fourth-order valence-corrected chi connectivity index (χ4v) is 0.646. The molecule has 0 saturated heterocycles. The van der Waals surface area contributed by atoms with E-state index < -0.39 is 5.97 Å². The second kappa shape index (κ2) is 7.03. The van der Waals surface area contributed by atoms with Gasteiger partial charge in [0.05, 0.1) is 7.18 Å². The Hall–Kier alpha value is -1.64. The summed E-state index contributed by atoms with van der Waals surface area (Å²) in [6.07, 6.45) is 1.13. The molecule has 0 atom stereocenters. The Balaban J connectivity index is 0.000000671. The van der Waals surface area contributed by atoms with Crippen LogP contribution in [-0.2, 0) is 4.79 Å². The van der Waals surface area contributed by atoms with E-state index in [4.69, 9.17) is 4.74 Å². The normalized spacial score (nSPS) is 7.85. The molecule has 0 heterocycles. The highest BCUT2D eigenvalue weighted by atomic mass is 19.1. The second-order valence-electron chi connectivity index (χ2n) is 1.94. The van der Waals surface area contributed by atoms with Crippen molar-refractivity contribution in [2.75, 3.05) is 7.18 Å². The lowest BCUT2D eigenvalue weighted by atomic mass is 10.3. The Labute approximate surface area is 76.6 Å². The summed E-state index contributed by atoms with van der Waals surface area (Å²) in [5.41, 5.74) is 0. The van der Waals surface area contributed by atoms with Crippen molar-refractivity contribution in [1.29, 1.82) is 0 Å². The van der Waals surface area contributed by atoms with Crippen LogP contribution in [0.25, 0.3) is 0 Å². The monoisotopic (exact) mass is 182 g/mol. The lowest BCUT2D eigenvalue weighted by Gasteiger charge is -1.98. The van der Waals surface area contributed by atoms with Gasteiger partial charge in [-0.25, -0.2) is 4.79 Å². The molecule has 0 aromatic heterocycles.